The van der Waals surface area contributed by atoms with E-state index in [2.05, 4.69) is 190 Å². The van der Waals surface area contributed by atoms with Gasteiger partial charge in [0.2, 0.25) is 0 Å². The van der Waals surface area contributed by atoms with Crippen LogP contribution < -0.4 is 15.7 Å². The van der Waals surface area contributed by atoms with E-state index in [1.807, 2.05) is 11.3 Å². The van der Waals surface area contributed by atoms with Gasteiger partial charge in [-0.15, -0.1) is 11.3 Å². The highest BCUT2D eigenvalue weighted by Crippen LogP contribution is 2.55. The number of anilines is 2. The molecule has 0 spiro atoms. The summed E-state index contributed by atoms with van der Waals surface area (Å²) in [7, 11) is 0. The van der Waals surface area contributed by atoms with Crippen molar-refractivity contribution in [1.29, 1.82) is 0 Å². The largest absolute Gasteiger partial charge is 0.456 e. The van der Waals surface area contributed by atoms with Crippen LogP contribution in [-0.4, -0.2) is 11.4 Å². The molecular weight excluding hydrogens is 747 g/mol. The molecule has 11 aromatic rings. The van der Waals surface area contributed by atoms with E-state index in [0.29, 0.717) is 0 Å². The highest BCUT2D eigenvalue weighted by molar-refractivity contribution is 7.26. The molecule has 3 aromatic heterocycles. The molecule has 5 heteroatoms. The van der Waals surface area contributed by atoms with Crippen LogP contribution in [0.25, 0.3) is 91.9 Å². The molecule has 0 radical (unpaired) electrons. The number of benzene rings is 8. The molecule has 3 aliphatic rings. The molecule has 5 heterocycles. The summed E-state index contributed by atoms with van der Waals surface area (Å²) in [4.78, 5) is 2.70. The molecule has 0 atom stereocenters. The smallest absolute Gasteiger partial charge is 0.333 e. The van der Waals surface area contributed by atoms with Crippen LogP contribution in [0.4, 0.5) is 11.4 Å². The quantitative estimate of drug-likeness (QED) is 0.155. The van der Waals surface area contributed by atoms with Gasteiger partial charge in [-0.1, -0.05) is 120 Å². The van der Waals surface area contributed by atoms with Gasteiger partial charge in [0.05, 0.1) is 11.0 Å². The van der Waals surface area contributed by atoms with Crippen LogP contribution in [0.15, 0.2) is 150 Å². The molecule has 0 N–H and O–H groups in total. The van der Waals surface area contributed by atoms with Crippen LogP contribution in [0, 0.1) is 0 Å². The lowest BCUT2D eigenvalue weighted by Crippen LogP contribution is -2.60. The zero-order chi connectivity index (χ0) is 40.0. The van der Waals surface area contributed by atoms with Crippen molar-refractivity contribution in [3.63, 3.8) is 0 Å². The van der Waals surface area contributed by atoms with Crippen LogP contribution in [0.3, 0.4) is 0 Å². The maximum Gasteiger partial charge on any atom is 0.333 e. The molecule has 60 heavy (non-hydrogen) atoms. The number of para-hydroxylation sites is 1. The molecule has 0 bridgehead atoms. The van der Waals surface area contributed by atoms with E-state index in [0.717, 1.165) is 16.6 Å². The second kappa shape index (κ2) is 11.0. The van der Waals surface area contributed by atoms with Crippen LogP contribution in [0.2, 0.25) is 0 Å². The topological polar surface area (TPSA) is 21.3 Å². The Morgan fingerprint density at radius 3 is 2.20 bits per heavy atom. The monoisotopic (exact) mass is 786 g/mol. The summed E-state index contributed by atoms with van der Waals surface area (Å²) in [6.45, 7) is 11.7. The lowest BCUT2D eigenvalue weighted by molar-refractivity contribution is 0.590. The van der Waals surface area contributed by atoms with E-state index in [9.17, 15) is 0 Å². The fraction of sp³-hybridized carbons (Fsp3) is 0.127. The zero-order valence-corrected chi connectivity index (χ0v) is 35.0. The molecule has 0 unspecified atom stereocenters. The summed E-state index contributed by atoms with van der Waals surface area (Å²) < 4.78 is 11.8. The molecular formula is C55H39BN2OS. The van der Waals surface area contributed by atoms with Crippen LogP contribution in [-0.2, 0) is 10.8 Å². The number of rotatable bonds is 1. The minimum absolute atomic E-state index is 0.0431. The zero-order valence-electron chi connectivity index (χ0n) is 34.1. The first-order valence-corrected chi connectivity index (χ1v) is 22.0. The molecule has 14 rings (SSSR count). The Morgan fingerprint density at radius 1 is 0.567 bits per heavy atom. The first-order valence-electron chi connectivity index (χ1n) is 21.2. The molecule has 0 saturated carbocycles. The van der Waals surface area contributed by atoms with Gasteiger partial charge < -0.3 is 13.8 Å². The number of hydrogen-bond acceptors (Lipinski definition) is 3. The number of thiophene rings is 1. The summed E-state index contributed by atoms with van der Waals surface area (Å²) >= 11 is 1.91. The Balaban J connectivity index is 1.18. The second-order valence-electron chi connectivity index (χ2n) is 18.8. The van der Waals surface area contributed by atoms with Crippen molar-refractivity contribution < 1.29 is 4.42 Å². The van der Waals surface area contributed by atoms with E-state index >= 15 is 0 Å². The van der Waals surface area contributed by atoms with Crippen molar-refractivity contribution >= 4 is 104 Å². The van der Waals surface area contributed by atoms with Crippen molar-refractivity contribution in [3.05, 3.63) is 162 Å². The number of furan rings is 1. The third kappa shape index (κ3) is 4.02. The molecule has 284 valence electrons. The number of aromatic nitrogens is 1. The first-order chi connectivity index (χ1) is 29.1. The molecule has 8 aromatic carbocycles. The fourth-order valence-electron chi connectivity index (χ4n) is 11.5. The predicted molar refractivity (Wildman–Crippen MR) is 256 cm³/mol. The lowest BCUT2D eigenvalue weighted by Gasteiger charge is -2.42. The molecule has 3 nitrogen and oxygen atoms in total. The normalized spacial score (nSPS) is 14.8. The van der Waals surface area contributed by atoms with E-state index in [1.54, 1.807) is 0 Å². The Morgan fingerprint density at radius 2 is 1.35 bits per heavy atom. The van der Waals surface area contributed by atoms with Gasteiger partial charge >= 0.3 is 6.85 Å². The lowest BCUT2D eigenvalue weighted by atomic mass is 9.44. The number of nitrogens with zero attached hydrogens (tertiary/aromatic N) is 2. The van der Waals surface area contributed by atoms with E-state index in [4.69, 9.17) is 4.42 Å². The molecule has 2 aliphatic heterocycles. The van der Waals surface area contributed by atoms with Crippen molar-refractivity contribution in [2.24, 2.45) is 0 Å². The van der Waals surface area contributed by atoms with Gasteiger partial charge in [-0.2, -0.15) is 0 Å². The average molecular weight is 787 g/mol. The first kappa shape index (κ1) is 33.3. The van der Waals surface area contributed by atoms with Crippen LogP contribution in [0.1, 0.15) is 51.3 Å². The van der Waals surface area contributed by atoms with E-state index in [-0.39, 0.29) is 17.7 Å². The van der Waals surface area contributed by atoms with Crippen LogP contribution in [0.5, 0.6) is 0 Å². The highest BCUT2D eigenvalue weighted by atomic mass is 32.1. The molecule has 0 amide bonds. The van der Waals surface area contributed by atoms with Crippen molar-refractivity contribution in [2.45, 2.75) is 45.4 Å². The Kier molecular flexibility index (Phi) is 6.09. The summed E-state index contributed by atoms with van der Waals surface area (Å²) in [5.41, 5.74) is 20.1. The van der Waals surface area contributed by atoms with E-state index in [1.165, 1.54) is 114 Å². The fourth-order valence-corrected chi connectivity index (χ4v) is 12.6. The summed E-state index contributed by atoms with van der Waals surface area (Å²) in [6, 6.07) is 55.4. The standard InChI is InChI=1S/C55H39BN2OS/c1-54(2,3)30-18-20-31(21-19-30)58-44-28-41-37(32-12-6-9-15-40(32)55(41,4)5)26-38(44)34-22-23-36-50-43(24-25-47-51(50)35-14-7-10-16-46(35)59-47)57-45-27-39-33-13-8-11-17-48(33)60-49(39)29-42(45)56(58)52(34)53(36)57/h6-29H,1-5H3. The van der Waals surface area contributed by atoms with Crippen LogP contribution >= 0.6 is 11.3 Å². The maximum atomic E-state index is 6.57. The molecule has 0 fully saturated rings. The Hall–Kier alpha value is -6.56. The Bertz CT molecular complexity index is 3740. The predicted octanol–water partition coefficient (Wildman–Crippen LogP) is 13.9. The van der Waals surface area contributed by atoms with Crippen molar-refractivity contribution in [1.82, 2.24) is 4.57 Å². The average Bonchev–Trinajstić information content (AvgIpc) is 3.98. The van der Waals surface area contributed by atoms with Gasteiger partial charge in [0, 0.05) is 69.8 Å². The van der Waals surface area contributed by atoms with Crippen molar-refractivity contribution in [2.75, 3.05) is 4.81 Å². The third-order valence-electron chi connectivity index (χ3n) is 14.3. The Labute approximate surface area is 352 Å². The van der Waals surface area contributed by atoms with Gasteiger partial charge in [0.25, 0.3) is 0 Å². The van der Waals surface area contributed by atoms with Gasteiger partial charge in [-0.3, -0.25) is 0 Å². The maximum absolute atomic E-state index is 6.57. The summed E-state index contributed by atoms with van der Waals surface area (Å²) in [5, 5.41) is 7.51. The number of fused-ring (bicyclic) bond motifs is 18. The summed E-state index contributed by atoms with van der Waals surface area (Å²) in [5.74, 6) is 0. The molecule has 1 aliphatic carbocycles. The van der Waals surface area contributed by atoms with Gasteiger partial charge in [0.1, 0.15) is 11.2 Å². The minimum atomic E-state index is -0.133. The van der Waals surface area contributed by atoms with E-state index < -0.39 is 0 Å². The summed E-state index contributed by atoms with van der Waals surface area (Å²) in [6.07, 6.45) is 0. The second-order valence-corrected chi connectivity index (χ2v) is 19.9. The highest BCUT2D eigenvalue weighted by Gasteiger charge is 2.46. The van der Waals surface area contributed by atoms with Gasteiger partial charge in [-0.05, 0) is 110 Å². The SMILES string of the molecule is CC(C)(C)c1ccc(N2B3c4cc5sc6ccccc6c5cc4-n4c5ccc6oc7ccccc7c6c5c5ccc(c3c54)-c3cc4c(cc32)C(C)(C)c2ccccc2-4)cc1. The van der Waals surface area contributed by atoms with Gasteiger partial charge in [0.15, 0.2) is 0 Å². The number of hydrogen-bond donors (Lipinski definition) is 0. The van der Waals surface area contributed by atoms with Crippen molar-refractivity contribution in [3.8, 4) is 27.9 Å². The molecule has 0 saturated heterocycles. The van der Waals surface area contributed by atoms with Gasteiger partial charge in [-0.25, -0.2) is 0 Å². The minimum Gasteiger partial charge on any atom is -0.456 e. The third-order valence-corrected chi connectivity index (χ3v) is 15.5.